The number of unbranched alkanes of at least 4 members (excludes halogenated alkanes) is 3. The van der Waals surface area contributed by atoms with Gasteiger partial charge in [-0.15, -0.1) is 10.2 Å². The van der Waals surface area contributed by atoms with Gasteiger partial charge < -0.3 is 0 Å². The van der Waals surface area contributed by atoms with Crippen molar-refractivity contribution >= 4 is 0 Å². The van der Waals surface area contributed by atoms with Crippen molar-refractivity contribution in [1.82, 2.24) is 20.2 Å². The van der Waals surface area contributed by atoms with E-state index in [0.717, 1.165) is 18.8 Å². The first-order valence-corrected chi connectivity index (χ1v) is 5.99. The number of aromatic nitrogens is 4. The molecule has 0 radical (unpaired) electrons. The molecule has 86 valence electrons. The second-order valence-electron chi connectivity index (χ2n) is 4.47. The summed E-state index contributed by atoms with van der Waals surface area (Å²) in [6, 6.07) is 0. The lowest BCUT2D eigenvalue weighted by atomic mass is 10.1. The summed E-state index contributed by atoms with van der Waals surface area (Å²) >= 11 is 0. The lowest BCUT2D eigenvalue weighted by molar-refractivity contribution is 0.428. The topological polar surface area (TPSA) is 43.6 Å². The van der Waals surface area contributed by atoms with Gasteiger partial charge >= 0.3 is 0 Å². The lowest BCUT2D eigenvalue weighted by Crippen LogP contribution is -2.08. The van der Waals surface area contributed by atoms with Crippen molar-refractivity contribution < 1.29 is 0 Å². The van der Waals surface area contributed by atoms with Crippen LogP contribution < -0.4 is 0 Å². The molecule has 0 bridgehead atoms. The van der Waals surface area contributed by atoms with Crippen LogP contribution in [0.3, 0.4) is 0 Å². The maximum Gasteiger partial charge on any atom is 0.174 e. The van der Waals surface area contributed by atoms with Crippen molar-refractivity contribution in [2.75, 3.05) is 0 Å². The molecule has 0 spiro atoms. The maximum atomic E-state index is 4.34. The largest absolute Gasteiger partial charge is 0.174 e. The first-order chi connectivity index (χ1) is 7.22. The molecule has 0 amide bonds. The minimum absolute atomic E-state index is 0.576. The van der Waals surface area contributed by atoms with Crippen molar-refractivity contribution in [2.45, 2.75) is 59.4 Å². The van der Waals surface area contributed by atoms with Crippen molar-refractivity contribution in [1.29, 1.82) is 0 Å². The fourth-order valence-corrected chi connectivity index (χ4v) is 1.49. The van der Waals surface area contributed by atoms with Crippen molar-refractivity contribution in [2.24, 2.45) is 5.92 Å². The summed E-state index contributed by atoms with van der Waals surface area (Å²) in [6.07, 6.45) is 6.00. The van der Waals surface area contributed by atoms with Gasteiger partial charge in [-0.1, -0.05) is 40.0 Å². The van der Waals surface area contributed by atoms with E-state index in [1.807, 2.05) is 0 Å². The first-order valence-electron chi connectivity index (χ1n) is 5.99. The Labute approximate surface area is 92.1 Å². The Balaban J connectivity index is 2.26. The van der Waals surface area contributed by atoms with Crippen LogP contribution in [0.1, 0.15) is 52.3 Å². The molecule has 1 rings (SSSR count). The van der Waals surface area contributed by atoms with Gasteiger partial charge in [0.1, 0.15) is 0 Å². The standard InChI is InChI=1S/C11H22N4/c1-4-5-6-7-8-11-12-14-15(13-11)9-10(2)3/h10H,4-9H2,1-3H3. The predicted octanol–water partition coefficient (Wildman–Crippen LogP) is 2.45. The molecule has 15 heavy (non-hydrogen) atoms. The molecule has 1 aromatic rings. The molecular formula is C11H22N4. The molecule has 0 atom stereocenters. The molecule has 0 aromatic carbocycles. The number of nitrogens with zero attached hydrogens (tertiary/aromatic N) is 4. The zero-order valence-electron chi connectivity index (χ0n) is 10.1. The highest BCUT2D eigenvalue weighted by atomic mass is 15.6. The summed E-state index contributed by atoms with van der Waals surface area (Å²) in [4.78, 5) is 1.71. The molecule has 0 saturated carbocycles. The van der Waals surface area contributed by atoms with Crippen molar-refractivity contribution in [3.8, 4) is 0 Å². The SMILES string of the molecule is CCCCCCc1nnn(CC(C)C)n1. The highest BCUT2D eigenvalue weighted by Gasteiger charge is 2.03. The fourth-order valence-electron chi connectivity index (χ4n) is 1.49. The number of aryl methyl sites for hydroxylation is 1. The molecule has 0 unspecified atom stereocenters. The molecule has 4 nitrogen and oxygen atoms in total. The van der Waals surface area contributed by atoms with Crippen molar-refractivity contribution in [3.05, 3.63) is 5.82 Å². The lowest BCUT2D eigenvalue weighted by Gasteiger charge is -2.00. The molecule has 1 heterocycles. The molecule has 1 aromatic heterocycles. The van der Waals surface area contributed by atoms with Gasteiger partial charge in [0.25, 0.3) is 0 Å². The third-order valence-corrected chi connectivity index (χ3v) is 2.28. The van der Waals surface area contributed by atoms with Crippen molar-refractivity contribution in [3.63, 3.8) is 0 Å². The average Bonchev–Trinajstić information content (AvgIpc) is 2.59. The summed E-state index contributed by atoms with van der Waals surface area (Å²) in [6.45, 7) is 7.40. The van der Waals surface area contributed by atoms with Crippen LogP contribution in [0.15, 0.2) is 0 Å². The summed E-state index contributed by atoms with van der Waals surface area (Å²) < 4.78 is 0. The van der Waals surface area contributed by atoms with Crippen LogP contribution in [0.5, 0.6) is 0 Å². The Kier molecular flexibility index (Phi) is 5.29. The minimum atomic E-state index is 0.576. The summed E-state index contributed by atoms with van der Waals surface area (Å²) in [5.41, 5.74) is 0. The quantitative estimate of drug-likeness (QED) is 0.649. The van der Waals surface area contributed by atoms with Gasteiger partial charge in [0.05, 0.1) is 6.54 Å². The first kappa shape index (κ1) is 12.1. The highest BCUT2D eigenvalue weighted by molar-refractivity contribution is 4.76. The smallest absolute Gasteiger partial charge is 0.164 e. The highest BCUT2D eigenvalue weighted by Crippen LogP contribution is 2.03. The fraction of sp³-hybridized carbons (Fsp3) is 0.909. The second kappa shape index (κ2) is 6.53. The Morgan fingerprint density at radius 2 is 2.00 bits per heavy atom. The number of hydrogen-bond acceptors (Lipinski definition) is 3. The van der Waals surface area contributed by atoms with Crippen LogP contribution in [0.25, 0.3) is 0 Å². The normalized spacial score (nSPS) is 11.2. The van der Waals surface area contributed by atoms with E-state index in [9.17, 15) is 0 Å². The molecule has 0 saturated heterocycles. The summed E-state index contributed by atoms with van der Waals surface area (Å²) in [7, 11) is 0. The Hall–Kier alpha value is -0.930. The Morgan fingerprint density at radius 1 is 1.20 bits per heavy atom. The van der Waals surface area contributed by atoms with Gasteiger partial charge in [0.15, 0.2) is 5.82 Å². The number of rotatable bonds is 7. The molecule has 0 aliphatic heterocycles. The van der Waals surface area contributed by atoms with Gasteiger partial charge in [-0.05, 0) is 17.6 Å². The van der Waals surface area contributed by atoms with E-state index in [2.05, 4.69) is 36.2 Å². The average molecular weight is 210 g/mol. The van der Waals surface area contributed by atoms with Crippen LogP contribution in [-0.4, -0.2) is 20.2 Å². The molecule has 0 fully saturated rings. The van der Waals surface area contributed by atoms with Crippen LogP contribution in [-0.2, 0) is 13.0 Å². The van der Waals surface area contributed by atoms with Crippen LogP contribution in [0.2, 0.25) is 0 Å². The van der Waals surface area contributed by atoms with E-state index < -0.39 is 0 Å². The molecule has 0 N–H and O–H groups in total. The summed E-state index contributed by atoms with van der Waals surface area (Å²) in [5.74, 6) is 1.47. The van der Waals surface area contributed by atoms with E-state index in [0.29, 0.717) is 5.92 Å². The Morgan fingerprint density at radius 3 is 2.67 bits per heavy atom. The minimum Gasteiger partial charge on any atom is -0.164 e. The van der Waals surface area contributed by atoms with E-state index in [4.69, 9.17) is 0 Å². The van der Waals surface area contributed by atoms with Crippen LogP contribution in [0, 0.1) is 5.92 Å². The monoisotopic (exact) mass is 210 g/mol. The molecular weight excluding hydrogens is 188 g/mol. The molecule has 4 heteroatoms. The van der Waals surface area contributed by atoms with Gasteiger partial charge in [0.2, 0.25) is 0 Å². The van der Waals surface area contributed by atoms with Gasteiger partial charge in [-0.3, -0.25) is 0 Å². The van der Waals surface area contributed by atoms with E-state index in [1.165, 1.54) is 25.7 Å². The maximum absolute atomic E-state index is 4.34. The zero-order valence-corrected chi connectivity index (χ0v) is 10.1. The van der Waals surface area contributed by atoms with Gasteiger partial charge in [0, 0.05) is 6.42 Å². The summed E-state index contributed by atoms with van der Waals surface area (Å²) in [5, 5.41) is 12.4. The molecule has 0 aliphatic carbocycles. The van der Waals surface area contributed by atoms with E-state index in [-0.39, 0.29) is 0 Å². The number of tetrazole rings is 1. The number of hydrogen-bond donors (Lipinski definition) is 0. The zero-order chi connectivity index (χ0) is 11.1. The Bertz CT molecular complexity index is 267. The van der Waals surface area contributed by atoms with E-state index >= 15 is 0 Å². The second-order valence-corrected chi connectivity index (χ2v) is 4.47. The van der Waals surface area contributed by atoms with Gasteiger partial charge in [-0.2, -0.15) is 4.80 Å². The van der Waals surface area contributed by atoms with Crippen LogP contribution >= 0.6 is 0 Å². The third kappa shape index (κ3) is 4.91. The molecule has 0 aliphatic rings. The third-order valence-electron chi connectivity index (χ3n) is 2.28. The van der Waals surface area contributed by atoms with Crippen LogP contribution in [0.4, 0.5) is 0 Å². The van der Waals surface area contributed by atoms with E-state index in [1.54, 1.807) is 4.80 Å². The predicted molar refractivity (Wildman–Crippen MR) is 60.5 cm³/mol. The van der Waals surface area contributed by atoms with Gasteiger partial charge in [-0.25, -0.2) is 0 Å².